The van der Waals surface area contributed by atoms with Crippen molar-refractivity contribution in [2.24, 2.45) is 0 Å². The van der Waals surface area contributed by atoms with Gasteiger partial charge in [0.05, 0.1) is 5.60 Å². The van der Waals surface area contributed by atoms with Crippen LogP contribution in [-0.2, 0) is 0 Å². The first kappa shape index (κ1) is 11.0. The lowest BCUT2D eigenvalue weighted by atomic mass is 9.83. The minimum absolute atomic E-state index is 0.295. The van der Waals surface area contributed by atoms with Crippen molar-refractivity contribution in [1.29, 1.82) is 0 Å². The molecule has 0 atom stereocenters. The van der Waals surface area contributed by atoms with E-state index in [-0.39, 0.29) is 5.60 Å². The van der Waals surface area contributed by atoms with Gasteiger partial charge in [-0.05, 0) is 19.3 Å². The van der Waals surface area contributed by atoms with Crippen LogP contribution in [0.25, 0.3) is 0 Å². The Morgan fingerprint density at radius 1 is 1.00 bits per heavy atom. The Bertz CT molecular complexity index is 118. The molecule has 0 aliphatic heterocycles. The van der Waals surface area contributed by atoms with Crippen LogP contribution in [0.4, 0.5) is 0 Å². The van der Waals surface area contributed by atoms with Crippen LogP contribution in [0.3, 0.4) is 0 Å². The zero-order chi connectivity index (χ0) is 9.57. The zero-order valence-corrected chi connectivity index (χ0v) is 9.02. The van der Waals surface area contributed by atoms with Crippen LogP contribution in [0, 0.1) is 0 Å². The largest absolute Gasteiger partial charge is 0.390 e. The van der Waals surface area contributed by atoms with E-state index in [4.69, 9.17) is 0 Å². The molecule has 0 radical (unpaired) electrons. The van der Waals surface area contributed by atoms with Crippen molar-refractivity contribution in [2.45, 2.75) is 76.7 Å². The molecule has 0 saturated heterocycles. The molecule has 13 heavy (non-hydrogen) atoms. The second-order valence-electron chi connectivity index (χ2n) is 4.60. The van der Waals surface area contributed by atoms with E-state index in [1.165, 1.54) is 44.9 Å². The van der Waals surface area contributed by atoms with Crippen molar-refractivity contribution >= 4 is 0 Å². The van der Waals surface area contributed by atoms with E-state index in [1.807, 2.05) is 0 Å². The van der Waals surface area contributed by atoms with Crippen LogP contribution in [0.5, 0.6) is 0 Å². The molecule has 1 fully saturated rings. The Hall–Kier alpha value is -0.0400. The maximum atomic E-state index is 10.3. The van der Waals surface area contributed by atoms with Crippen molar-refractivity contribution in [3.8, 4) is 0 Å². The third kappa shape index (κ3) is 4.12. The maximum absolute atomic E-state index is 10.3. The number of hydrogen-bond acceptors (Lipinski definition) is 1. The first-order chi connectivity index (χ1) is 6.27. The fourth-order valence-corrected chi connectivity index (χ4v) is 2.32. The van der Waals surface area contributed by atoms with Crippen molar-refractivity contribution in [2.75, 3.05) is 0 Å². The van der Waals surface area contributed by atoms with Gasteiger partial charge in [0.1, 0.15) is 0 Å². The summed E-state index contributed by atoms with van der Waals surface area (Å²) in [7, 11) is 0. The summed E-state index contributed by atoms with van der Waals surface area (Å²) in [6.45, 7) is 2.20. The molecule has 0 aromatic heterocycles. The Kier molecular flexibility index (Phi) is 4.79. The topological polar surface area (TPSA) is 20.2 Å². The molecule has 1 rings (SSSR count). The molecule has 1 saturated carbocycles. The summed E-state index contributed by atoms with van der Waals surface area (Å²) >= 11 is 0. The predicted molar refractivity (Wildman–Crippen MR) is 56.8 cm³/mol. The average molecular weight is 184 g/mol. The van der Waals surface area contributed by atoms with E-state index in [0.29, 0.717) is 0 Å². The fourth-order valence-electron chi connectivity index (χ4n) is 2.32. The minimum atomic E-state index is -0.295. The van der Waals surface area contributed by atoms with Crippen LogP contribution in [-0.4, -0.2) is 10.7 Å². The van der Waals surface area contributed by atoms with Gasteiger partial charge in [-0.25, -0.2) is 0 Å². The highest BCUT2D eigenvalue weighted by molar-refractivity contribution is 4.79. The molecule has 1 nitrogen and oxygen atoms in total. The Labute approximate surface area is 82.5 Å². The van der Waals surface area contributed by atoms with Crippen LogP contribution < -0.4 is 0 Å². The van der Waals surface area contributed by atoms with Gasteiger partial charge >= 0.3 is 0 Å². The average Bonchev–Trinajstić information content (AvgIpc) is 2.09. The summed E-state index contributed by atoms with van der Waals surface area (Å²) in [5.41, 5.74) is -0.295. The first-order valence-electron chi connectivity index (χ1n) is 5.99. The number of aliphatic hydroxyl groups is 1. The molecular weight excluding hydrogens is 160 g/mol. The van der Waals surface area contributed by atoms with Gasteiger partial charge in [-0.15, -0.1) is 0 Å². The third-order valence-electron chi connectivity index (χ3n) is 3.28. The van der Waals surface area contributed by atoms with Gasteiger partial charge in [-0.3, -0.25) is 0 Å². The molecule has 0 aromatic carbocycles. The summed E-state index contributed by atoms with van der Waals surface area (Å²) in [4.78, 5) is 0. The van der Waals surface area contributed by atoms with Gasteiger partial charge in [0.25, 0.3) is 0 Å². The smallest absolute Gasteiger partial charge is 0.0647 e. The number of rotatable bonds is 3. The lowest BCUT2D eigenvalue weighted by Crippen LogP contribution is -2.29. The second-order valence-corrected chi connectivity index (χ2v) is 4.60. The molecule has 1 aliphatic rings. The fraction of sp³-hybridized carbons (Fsp3) is 1.00. The molecule has 1 N–H and O–H groups in total. The van der Waals surface area contributed by atoms with Crippen molar-refractivity contribution in [1.82, 2.24) is 0 Å². The van der Waals surface area contributed by atoms with Gasteiger partial charge in [-0.2, -0.15) is 0 Å². The Balaban J connectivity index is 2.32. The Morgan fingerprint density at radius 2 is 1.54 bits per heavy atom. The molecule has 0 amide bonds. The summed E-state index contributed by atoms with van der Waals surface area (Å²) in [5.74, 6) is 0. The zero-order valence-electron chi connectivity index (χ0n) is 9.02. The van der Waals surface area contributed by atoms with Gasteiger partial charge in [0.15, 0.2) is 0 Å². The van der Waals surface area contributed by atoms with E-state index in [9.17, 15) is 5.11 Å². The molecule has 0 unspecified atom stereocenters. The normalized spacial score (nSPS) is 23.5. The Morgan fingerprint density at radius 3 is 2.08 bits per heavy atom. The van der Waals surface area contributed by atoms with Crippen LogP contribution in [0.1, 0.15) is 71.1 Å². The lowest BCUT2D eigenvalue weighted by Gasteiger charge is -2.30. The van der Waals surface area contributed by atoms with Crippen LogP contribution >= 0.6 is 0 Å². The van der Waals surface area contributed by atoms with Crippen molar-refractivity contribution in [3.05, 3.63) is 0 Å². The minimum Gasteiger partial charge on any atom is -0.390 e. The lowest BCUT2D eigenvalue weighted by molar-refractivity contribution is 0.00412. The van der Waals surface area contributed by atoms with E-state index in [0.717, 1.165) is 19.3 Å². The highest BCUT2D eigenvalue weighted by Crippen LogP contribution is 2.30. The van der Waals surface area contributed by atoms with Gasteiger partial charge in [-0.1, -0.05) is 51.9 Å². The van der Waals surface area contributed by atoms with Crippen LogP contribution in [0.15, 0.2) is 0 Å². The molecule has 78 valence electrons. The van der Waals surface area contributed by atoms with E-state index in [1.54, 1.807) is 0 Å². The standard InChI is InChI=1S/C12H24O/c1-2-3-9-12(13)10-7-5-4-6-8-11-12/h13H,2-11H2,1H3. The summed E-state index contributed by atoms with van der Waals surface area (Å²) in [6.07, 6.45) is 12.0. The molecule has 0 bridgehead atoms. The van der Waals surface area contributed by atoms with Gasteiger partial charge in [0.2, 0.25) is 0 Å². The first-order valence-corrected chi connectivity index (χ1v) is 5.99. The van der Waals surface area contributed by atoms with Gasteiger partial charge < -0.3 is 5.11 Å². The molecule has 0 aromatic rings. The SMILES string of the molecule is CCCCC1(O)CCCCCCC1. The molecular formula is C12H24O. The third-order valence-corrected chi connectivity index (χ3v) is 3.28. The predicted octanol–water partition coefficient (Wildman–Crippen LogP) is 3.65. The number of hydrogen-bond donors (Lipinski definition) is 1. The van der Waals surface area contributed by atoms with Gasteiger partial charge in [0, 0.05) is 0 Å². The number of unbranched alkanes of at least 4 members (excludes halogenated alkanes) is 1. The summed E-state index contributed by atoms with van der Waals surface area (Å²) in [5, 5.41) is 10.3. The van der Waals surface area contributed by atoms with E-state index >= 15 is 0 Å². The second kappa shape index (κ2) is 5.64. The van der Waals surface area contributed by atoms with Crippen molar-refractivity contribution in [3.63, 3.8) is 0 Å². The summed E-state index contributed by atoms with van der Waals surface area (Å²) in [6, 6.07) is 0. The molecule has 1 aliphatic carbocycles. The molecule has 0 spiro atoms. The molecule has 0 heterocycles. The van der Waals surface area contributed by atoms with E-state index in [2.05, 4.69) is 6.92 Å². The monoisotopic (exact) mass is 184 g/mol. The highest BCUT2D eigenvalue weighted by atomic mass is 16.3. The highest BCUT2D eigenvalue weighted by Gasteiger charge is 2.25. The summed E-state index contributed by atoms with van der Waals surface area (Å²) < 4.78 is 0. The molecule has 1 heteroatoms. The van der Waals surface area contributed by atoms with Crippen LogP contribution in [0.2, 0.25) is 0 Å². The maximum Gasteiger partial charge on any atom is 0.0647 e. The van der Waals surface area contributed by atoms with Crippen molar-refractivity contribution < 1.29 is 5.11 Å². The quantitative estimate of drug-likeness (QED) is 0.710. The van der Waals surface area contributed by atoms with E-state index < -0.39 is 0 Å².